The second-order valence-electron chi connectivity index (χ2n) is 6.75. The number of likely N-dealkylation sites (tertiary alicyclic amines) is 1. The van der Waals surface area contributed by atoms with Crippen LogP contribution in [0.3, 0.4) is 0 Å². The number of likely N-dealkylation sites (N-methyl/N-ethyl adjacent to an activating group) is 1. The minimum absolute atomic E-state index is 0.0271. The molecule has 2 aliphatic heterocycles. The summed E-state index contributed by atoms with van der Waals surface area (Å²) in [6.07, 6.45) is 3.22. The number of hydrogen-bond acceptors (Lipinski definition) is 3. The summed E-state index contributed by atoms with van der Waals surface area (Å²) in [4.78, 5) is 28.2. The Morgan fingerprint density at radius 3 is 2.74 bits per heavy atom. The molecule has 0 saturated carbocycles. The van der Waals surface area contributed by atoms with Crippen LogP contribution in [0.2, 0.25) is 0 Å². The molecule has 0 aromatic heterocycles. The van der Waals surface area contributed by atoms with Gasteiger partial charge < -0.3 is 14.5 Å². The van der Waals surface area contributed by atoms with Crippen LogP contribution in [0.4, 0.5) is 0 Å². The van der Waals surface area contributed by atoms with Gasteiger partial charge in [-0.1, -0.05) is 18.2 Å². The van der Waals surface area contributed by atoms with Crippen molar-refractivity contribution >= 4 is 11.8 Å². The quantitative estimate of drug-likeness (QED) is 0.854. The Kier molecular flexibility index (Phi) is 4.66. The van der Waals surface area contributed by atoms with Crippen LogP contribution < -0.4 is 0 Å². The highest BCUT2D eigenvalue weighted by Gasteiger charge is 2.41. The lowest BCUT2D eigenvalue weighted by Gasteiger charge is -2.33. The zero-order valence-electron chi connectivity index (χ0n) is 13.7. The summed E-state index contributed by atoms with van der Waals surface area (Å²) >= 11 is 0. The highest BCUT2D eigenvalue weighted by atomic mass is 16.5. The topological polar surface area (TPSA) is 49.9 Å². The monoisotopic (exact) mass is 316 g/mol. The fourth-order valence-electron chi connectivity index (χ4n) is 3.56. The Balaban J connectivity index is 1.56. The third-order valence-corrected chi connectivity index (χ3v) is 4.93. The molecule has 0 radical (unpaired) electrons. The number of hydrogen-bond donors (Lipinski definition) is 0. The number of benzene rings is 1. The van der Waals surface area contributed by atoms with Crippen molar-refractivity contribution in [2.45, 2.75) is 19.3 Å². The molecule has 1 spiro atoms. The van der Waals surface area contributed by atoms with E-state index in [0.717, 1.165) is 45.6 Å². The first-order valence-corrected chi connectivity index (χ1v) is 8.26. The molecule has 1 aromatic rings. The molecule has 2 heterocycles. The molecule has 3 rings (SSSR count). The van der Waals surface area contributed by atoms with Crippen molar-refractivity contribution in [1.82, 2.24) is 9.80 Å². The molecule has 1 aromatic carbocycles. The van der Waals surface area contributed by atoms with Gasteiger partial charge in [-0.15, -0.1) is 0 Å². The maximum atomic E-state index is 12.5. The molecule has 5 heteroatoms. The SMILES string of the molecule is CN(CC(=O)N1CCC2(CCCOC2)C1)C(=O)c1ccccc1. The van der Waals surface area contributed by atoms with Gasteiger partial charge in [0.05, 0.1) is 13.2 Å². The van der Waals surface area contributed by atoms with E-state index in [9.17, 15) is 9.59 Å². The van der Waals surface area contributed by atoms with Gasteiger partial charge in [0, 0.05) is 37.7 Å². The number of ether oxygens (including phenoxy) is 1. The Morgan fingerprint density at radius 2 is 2.04 bits per heavy atom. The lowest BCUT2D eigenvalue weighted by atomic mass is 9.82. The summed E-state index contributed by atoms with van der Waals surface area (Å²) in [6.45, 7) is 3.26. The van der Waals surface area contributed by atoms with E-state index in [1.54, 1.807) is 19.2 Å². The van der Waals surface area contributed by atoms with Crippen molar-refractivity contribution in [2.24, 2.45) is 5.41 Å². The molecular formula is C18H24N2O3. The number of amides is 2. The van der Waals surface area contributed by atoms with Gasteiger partial charge in [0.25, 0.3) is 5.91 Å². The van der Waals surface area contributed by atoms with E-state index < -0.39 is 0 Å². The second-order valence-corrected chi connectivity index (χ2v) is 6.75. The molecule has 0 N–H and O–H groups in total. The molecule has 2 fully saturated rings. The van der Waals surface area contributed by atoms with E-state index in [-0.39, 0.29) is 23.8 Å². The van der Waals surface area contributed by atoms with Crippen molar-refractivity contribution in [3.05, 3.63) is 35.9 Å². The molecule has 124 valence electrons. The van der Waals surface area contributed by atoms with Gasteiger partial charge in [0.1, 0.15) is 0 Å². The zero-order chi connectivity index (χ0) is 16.3. The fourth-order valence-corrected chi connectivity index (χ4v) is 3.56. The van der Waals surface area contributed by atoms with E-state index in [1.807, 2.05) is 23.1 Å². The normalized spacial score (nSPS) is 24.0. The maximum Gasteiger partial charge on any atom is 0.254 e. The molecule has 2 aliphatic rings. The maximum absolute atomic E-state index is 12.5. The Hall–Kier alpha value is -1.88. The van der Waals surface area contributed by atoms with Gasteiger partial charge in [-0.2, -0.15) is 0 Å². The Labute approximate surface area is 137 Å². The molecule has 1 unspecified atom stereocenters. The zero-order valence-corrected chi connectivity index (χ0v) is 13.7. The average molecular weight is 316 g/mol. The predicted octanol–water partition coefficient (Wildman–Crippen LogP) is 1.79. The molecule has 1 atom stereocenters. The van der Waals surface area contributed by atoms with Crippen LogP contribution in [-0.4, -0.2) is 61.5 Å². The van der Waals surface area contributed by atoms with Crippen molar-refractivity contribution in [1.29, 1.82) is 0 Å². The van der Waals surface area contributed by atoms with Crippen LogP contribution in [0, 0.1) is 5.41 Å². The summed E-state index contributed by atoms with van der Waals surface area (Å²) < 4.78 is 5.61. The van der Waals surface area contributed by atoms with E-state index in [1.165, 1.54) is 4.90 Å². The summed E-state index contributed by atoms with van der Waals surface area (Å²) in [5.41, 5.74) is 0.761. The highest BCUT2D eigenvalue weighted by Crippen LogP contribution is 2.37. The number of carbonyl (C=O) groups is 2. The summed E-state index contributed by atoms with van der Waals surface area (Å²) in [5.74, 6) is -0.0897. The fraction of sp³-hybridized carbons (Fsp3) is 0.556. The molecule has 0 bridgehead atoms. The summed E-state index contributed by atoms with van der Waals surface area (Å²) in [6, 6.07) is 9.07. The highest BCUT2D eigenvalue weighted by molar-refractivity contribution is 5.96. The first-order chi connectivity index (χ1) is 11.1. The standard InChI is InChI=1S/C18H24N2O3/c1-19(17(22)15-6-3-2-4-7-15)12-16(21)20-10-9-18(13-20)8-5-11-23-14-18/h2-4,6-7H,5,8-14H2,1H3. The molecule has 2 amide bonds. The van der Waals surface area contributed by atoms with Crippen LogP contribution in [0.15, 0.2) is 30.3 Å². The van der Waals surface area contributed by atoms with Crippen LogP contribution >= 0.6 is 0 Å². The first kappa shape index (κ1) is 16.0. The average Bonchev–Trinajstić information content (AvgIpc) is 2.99. The minimum Gasteiger partial charge on any atom is -0.381 e. The number of carbonyl (C=O) groups excluding carboxylic acids is 2. The van der Waals surface area contributed by atoms with E-state index in [4.69, 9.17) is 4.74 Å². The summed E-state index contributed by atoms with van der Waals surface area (Å²) in [5, 5.41) is 0. The van der Waals surface area contributed by atoms with E-state index >= 15 is 0 Å². The minimum atomic E-state index is -0.117. The van der Waals surface area contributed by atoms with Crippen molar-refractivity contribution in [2.75, 3.05) is 39.9 Å². The molecule has 2 saturated heterocycles. The Bertz CT molecular complexity index is 567. The van der Waals surface area contributed by atoms with Gasteiger partial charge in [0.15, 0.2) is 0 Å². The number of rotatable bonds is 3. The lowest BCUT2D eigenvalue weighted by molar-refractivity contribution is -0.131. The van der Waals surface area contributed by atoms with E-state index in [0.29, 0.717) is 5.56 Å². The third-order valence-electron chi connectivity index (χ3n) is 4.93. The lowest BCUT2D eigenvalue weighted by Crippen LogP contribution is -2.42. The molecular weight excluding hydrogens is 292 g/mol. The van der Waals surface area contributed by atoms with Gasteiger partial charge in [-0.25, -0.2) is 0 Å². The van der Waals surface area contributed by atoms with Crippen LogP contribution in [-0.2, 0) is 9.53 Å². The number of nitrogens with zero attached hydrogens (tertiary/aromatic N) is 2. The van der Waals surface area contributed by atoms with E-state index in [2.05, 4.69) is 0 Å². The van der Waals surface area contributed by atoms with Crippen LogP contribution in [0.5, 0.6) is 0 Å². The van der Waals surface area contributed by atoms with Crippen LogP contribution in [0.25, 0.3) is 0 Å². The van der Waals surface area contributed by atoms with Gasteiger partial charge in [-0.3, -0.25) is 9.59 Å². The largest absolute Gasteiger partial charge is 0.381 e. The van der Waals surface area contributed by atoms with Crippen molar-refractivity contribution < 1.29 is 14.3 Å². The smallest absolute Gasteiger partial charge is 0.254 e. The van der Waals surface area contributed by atoms with Crippen molar-refractivity contribution in [3.63, 3.8) is 0 Å². The van der Waals surface area contributed by atoms with Gasteiger partial charge in [0.2, 0.25) is 5.91 Å². The molecule has 5 nitrogen and oxygen atoms in total. The summed E-state index contributed by atoms with van der Waals surface area (Å²) in [7, 11) is 1.68. The Morgan fingerprint density at radius 1 is 1.26 bits per heavy atom. The van der Waals surface area contributed by atoms with Crippen LogP contribution in [0.1, 0.15) is 29.6 Å². The second kappa shape index (κ2) is 6.71. The van der Waals surface area contributed by atoms with Crippen molar-refractivity contribution in [3.8, 4) is 0 Å². The van der Waals surface area contributed by atoms with Gasteiger partial charge in [-0.05, 0) is 31.4 Å². The predicted molar refractivity (Wildman–Crippen MR) is 87.1 cm³/mol. The van der Waals surface area contributed by atoms with Gasteiger partial charge >= 0.3 is 0 Å². The first-order valence-electron chi connectivity index (χ1n) is 8.26. The molecule has 23 heavy (non-hydrogen) atoms. The molecule has 0 aliphatic carbocycles. The third kappa shape index (κ3) is 3.55.